The highest BCUT2D eigenvalue weighted by Gasteiger charge is 1.99. The lowest BCUT2D eigenvalue weighted by atomic mass is 10.5. The molecule has 0 aliphatic carbocycles. The molecule has 0 spiro atoms. The third kappa shape index (κ3) is 0.804. The van der Waals surface area contributed by atoms with Crippen LogP contribution < -0.4 is 5.43 Å². The van der Waals surface area contributed by atoms with Gasteiger partial charge in [-0.25, -0.2) is 0 Å². The summed E-state index contributed by atoms with van der Waals surface area (Å²) >= 11 is 0. The van der Waals surface area contributed by atoms with Gasteiger partial charge in [0.15, 0.2) is 5.84 Å². The van der Waals surface area contributed by atoms with Gasteiger partial charge < -0.3 is 4.90 Å². The van der Waals surface area contributed by atoms with E-state index in [1.807, 2.05) is 25.1 Å². The van der Waals surface area contributed by atoms with E-state index in [1.54, 1.807) is 6.20 Å². The molecule has 0 saturated heterocycles. The van der Waals surface area contributed by atoms with Crippen molar-refractivity contribution < 1.29 is 0 Å². The molecular formula is C5H8N3. The van der Waals surface area contributed by atoms with E-state index in [9.17, 15) is 0 Å². The van der Waals surface area contributed by atoms with Crippen molar-refractivity contribution >= 4 is 5.84 Å². The summed E-state index contributed by atoms with van der Waals surface area (Å²) in [4.78, 5) is 1.91. The quantitative estimate of drug-likeness (QED) is 0.431. The number of hydrogen-bond acceptors (Lipinski definition) is 2. The highest BCUT2D eigenvalue weighted by Crippen LogP contribution is 1.91. The van der Waals surface area contributed by atoms with Crippen LogP contribution in [0.15, 0.2) is 17.4 Å². The fraction of sp³-hybridized carbons (Fsp3) is 0.400. The Morgan fingerprint density at radius 1 is 1.50 bits per heavy atom. The fourth-order valence-electron chi connectivity index (χ4n) is 0.464. The molecule has 0 N–H and O–H groups in total. The molecule has 3 nitrogen and oxygen atoms in total. The van der Waals surface area contributed by atoms with Gasteiger partial charge in [0.2, 0.25) is 0 Å². The molecule has 1 radical (unpaired) electrons. The second-order valence-electron chi connectivity index (χ2n) is 1.78. The molecule has 3 heteroatoms. The van der Waals surface area contributed by atoms with E-state index in [4.69, 9.17) is 0 Å². The van der Waals surface area contributed by atoms with E-state index in [1.165, 1.54) is 0 Å². The van der Waals surface area contributed by atoms with E-state index >= 15 is 0 Å². The Morgan fingerprint density at radius 3 is 2.50 bits per heavy atom. The molecule has 1 rings (SSSR count). The molecule has 0 atom stereocenters. The molecule has 43 valence electrons. The van der Waals surface area contributed by atoms with E-state index in [-0.39, 0.29) is 0 Å². The zero-order chi connectivity index (χ0) is 5.98. The van der Waals surface area contributed by atoms with Gasteiger partial charge in [0.05, 0.1) is 6.20 Å². The van der Waals surface area contributed by atoms with Gasteiger partial charge in [0.25, 0.3) is 0 Å². The van der Waals surface area contributed by atoms with Gasteiger partial charge in [-0.15, -0.1) is 5.10 Å². The Kier molecular flexibility index (Phi) is 1.20. The zero-order valence-corrected chi connectivity index (χ0v) is 5.00. The first-order chi connectivity index (χ1) is 3.80. The van der Waals surface area contributed by atoms with Crippen LogP contribution in [-0.4, -0.2) is 24.8 Å². The lowest BCUT2D eigenvalue weighted by Crippen LogP contribution is -2.18. The third-order valence-electron chi connectivity index (χ3n) is 0.909. The molecule has 0 fully saturated rings. The van der Waals surface area contributed by atoms with E-state index < -0.39 is 0 Å². The van der Waals surface area contributed by atoms with Crippen LogP contribution >= 0.6 is 0 Å². The van der Waals surface area contributed by atoms with Gasteiger partial charge in [-0.05, 0) is 0 Å². The van der Waals surface area contributed by atoms with Gasteiger partial charge in [-0.2, -0.15) is 5.43 Å². The van der Waals surface area contributed by atoms with Crippen LogP contribution in [0.5, 0.6) is 0 Å². The Labute approximate surface area is 48.7 Å². The van der Waals surface area contributed by atoms with Crippen LogP contribution in [0.3, 0.4) is 0 Å². The molecule has 0 amide bonds. The molecule has 0 aromatic carbocycles. The topological polar surface area (TPSA) is 29.7 Å². The van der Waals surface area contributed by atoms with Crippen LogP contribution in [0.1, 0.15) is 0 Å². The number of nitrogens with zero attached hydrogens (tertiary/aromatic N) is 3. The maximum atomic E-state index is 3.79. The highest BCUT2D eigenvalue weighted by molar-refractivity contribution is 5.93. The second-order valence-corrected chi connectivity index (χ2v) is 1.78. The molecule has 0 bridgehead atoms. The summed E-state index contributed by atoms with van der Waals surface area (Å²) in [5, 5.41) is 3.79. The lowest BCUT2D eigenvalue weighted by Gasteiger charge is -2.06. The first-order valence-corrected chi connectivity index (χ1v) is 2.42. The summed E-state index contributed by atoms with van der Waals surface area (Å²) in [6.07, 6.45) is 3.54. The molecule has 0 aromatic rings. The Hall–Kier alpha value is -0.990. The fourth-order valence-corrected chi connectivity index (χ4v) is 0.464. The van der Waals surface area contributed by atoms with Crippen LogP contribution in [0, 0.1) is 0 Å². The molecule has 1 aliphatic heterocycles. The third-order valence-corrected chi connectivity index (χ3v) is 0.909. The van der Waals surface area contributed by atoms with Crippen molar-refractivity contribution in [2.24, 2.45) is 5.10 Å². The van der Waals surface area contributed by atoms with Gasteiger partial charge in [0.1, 0.15) is 0 Å². The summed E-state index contributed by atoms with van der Waals surface area (Å²) in [5.74, 6) is 0.907. The van der Waals surface area contributed by atoms with Crippen molar-refractivity contribution in [2.75, 3.05) is 14.1 Å². The first kappa shape index (κ1) is 5.15. The van der Waals surface area contributed by atoms with Gasteiger partial charge in [0, 0.05) is 20.2 Å². The Morgan fingerprint density at radius 2 is 2.25 bits per heavy atom. The summed E-state index contributed by atoms with van der Waals surface area (Å²) in [6, 6.07) is 0. The average molecular weight is 110 g/mol. The largest absolute Gasteiger partial charge is 0.361 e. The van der Waals surface area contributed by atoms with Crippen LogP contribution in [0.4, 0.5) is 0 Å². The number of rotatable bonds is 0. The lowest BCUT2D eigenvalue weighted by molar-refractivity contribution is 0.622. The maximum Gasteiger partial charge on any atom is 0.152 e. The SMILES string of the molecule is CN(C)C1=N[N]C=C1. The van der Waals surface area contributed by atoms with E-state index in [2.05, 4.69) is 10.5 Å². The van der Waals surface area contributed by atoms with Crippen molar-refractivity contribution in [2.45, 2.75) is 0 Å². The van der Waals surface area contributed by atoms with Gasteiger partial charge in [-0.1, -0.05) is 0 Å². The molecule has 0 aromatic heterocycles. The normalized spacial score (nSPS) is 15.5. The molecule has 0 saturated carbocycles. The predicted octanol–water partition coefficient (Wildman–Crippen LogP) is -0.00680. The molecule has 8 heavy (non-hydrogen) atoms. The van der Waals surface area contributed by atoms with Crippen molar-refractivity contribution in [3.63, 3.8) is 0 Å². The minimum atomic E-state index is 0.907. The number of hydrogen-bond donors (Lipinski definition) is 0. The van der Waals surface area contributed by atoms with Crippen molar-refractivity contribution in [3.05, 3.63) is 12.3 Å². The summed E-state index contributed by atoms with van der Waals surface area (Å²) in [6.45, 7) is 0. The predicted molar refractivity (Wildman–Crippen MR) is 32.4 cm³/mol. The zero-order valence-electron chi connectivity index (χ0n) is 5.00. The molecule has 1 heterocycles. The minimum Gasteiger partial charge on any atom is -0.361 e. The maximum absolute atomic E-state index is 3.79. The highest BCUT2D eigenvalue weighted by atomic mass is 15.3. The first-order valence-electron chi connectivity index (χ1n) is 2.42. The summed E-state index contributed by atoms with van der Waals surface area (Å²) in [7, 11) is 3.87. The Bertz CT molecular complexity index is 135. The monoisotopic (exact) mass is 110 g/mol. The number of amidine groups is 1. The smallest absolute Gasteiger partial charge is 0.152 e. The molecular weight excluding hydrogens is 102 g/mol. The van der Waals surface area contributed by atoms with Crippen LogP contribution in [-0.2, 0) is 0 Å². The van der Waals surface area contributed by atoms with Crippen molar-refractivity contribution in [3.8, 4) is 0 Å². The summed E-state index contributed by atoms with van der Waals surface area (Å²) in [5.41, 5.74) is 3.65. The van der Waals surface area contributed by atoms with Crippen molar-refractivity contribution in [1.29, 1.82) is 0 Å². The van der Waals surface area contributed by atoms with Crippen LogP contribution in [0.25, 0.3) is 0 Å². The van der Waals surface area contributed by atoms with Crippen molar-refractivity contribution in [1.82, 2.24) is 10.3 Å². The second kappa shape index (κ2) is 1.86. The van der Waals surface area contributed by atoms with Crippen LogP contribution in [0.2, 0.25) is 0 Å². The standard InChI is InChI=1S/C5H8N3/c1-8(2)5-3-4-6-7-5/h3-4H,1-2H3. The molecule has 1 aliphatic rings. The van der Waals surface area contributed by atoms with E-state index in [0.29, 0.717) is 0 Å². The van der Waals surface area contributed by atoms with Gasteiger partial charge in [-0.3, -0.25) is 0 Å². The van der Waals surface area contributed by atoms with E-state index in [0.717, 1.165) is 5.84 Å². The summed E-state index contributed by atoms with van der Waals surface area (Å²) < 4.78 is 0. The Balaban J connectivity index is 2.58. The molecule has 0 unspecified atom stereocenters. The van der Waals surface area contributed by atoms with Gasteiger partial charge >= 0.3 is 0 Å². The average Bonchev–Trinajstić information content (AvgIpc) is 2.12. The number of likely N-dealkylation sites (N-methyl/N-ethyl adjacent to an activating group) is 1. The minimum absolute atomic E-state index is 0.907.